The van der Waals surface area contributed by atoms with Gasteiger partial charge in [-0.1, -0.05) is 12.1 Å². The second-order valence-corrected chi connectivity index (χ2v) is 4.68. The normalized spacial score (nSPS) is 11.9. The fourth-order valence-electron chi connectivity index (χ4n) is 1.01. The van der Waals surface area contributed by atoms with Crippen LogP contribution in [0.2, 0.25) is 0 Å². The molecule has 0 fully saturated rings. The molecule has 0 atom stereocenters. The molecule has 5 heteroatoms. The van der Waals surface area contributed by atoms with E-state index in [1.54, 1.807) is 26.0 Å². The summed E-state index contributed by atoms with van der Waals surface area (Å²) in [5, 5.41) is 0. The van der Waals surface area contributed by atoms with Crippen molar-refractivity contribution in [3.8, 4) is 0 Å². The zero-order valence-electron chi connectivity index (χ0n) is 8.10. The van der Waals surface area contributed by atoms with E-state index in [9.17, 15) is 8.42 Å². The first kappa shape index (κ1) is 11.0. The predicted octanol–water partition coefficient (Wildman–Crippen LogP) is 1.38. The largest absolute Gasteiger partial charge is 0.398 e. The second kappa shape index (κ2) is 3.98. The van der Waals surface area contributed by atoms with Crippen molar-refractivity contribution >= 4 is 15.8 Å². The lowest BCUT2D eigenvalue weighted by atomic mass is 10.3. The maximum atomic E-state index is 11.6. The van der Waals surface area contributed by atoms with Crippen LogP contribution in [0.3, 0.4) is 0 Å². The number of nitrogens with two attached hydrogens (primary N) is 1. The molecule has 1 rings (SSSR count). The molecule has 0 unspecified atom stereocenters. The molecular weight excluding hydrogens is 202 g/mol. The second-order valence-electron chi connectivity index (χ2n) is 3.14. The van der Waals surface area contributed by atoms with Crippen LogP contribution in [0, 0.1) is 0 Å². The molecule has 0 spiro atoms. The van der Waals surface area contributed by atoms with Crippen molar-refractivity contribution in [2.45, 2.75) is 24.8 Å². The summed E-state index contributed by atoms with van der Waals surface area (Å²) in [4.78, 5) is 0.0219. The first-order chi connectivity index (χ1) is 6.43. The highest BCUT2D eigenvalue weighted by Crippen LogP contribution is 2.20. The number of hydrogen-bond donors (Lipinski definition) is 1. The minimum absolute atomic E-state index is 0.0219. The van der Waals surface area contributed by atoms with Gasteiger partial charge in [-0.2, -0.15) is 8.42 Å². The fraction of sp³-hybridized carbons (Fsp3) is 0.333. The molecule has 0 bridgehead atoms. The Morgan fingerprint density at radius 1 is 1.29 bits per heavy atom. The summed E-state index contributed by atoms with van der Waals surface area (Å²) in [5.74, 6) is 0. The monoisotopic (exact) mass is 215 g/mol. The van der Waals surface area contributed by atoms with E-state index in [4.69, 9.17) is 9.92 Å². The Labute approximate surface area is 83.8 Å². The van der Waals surface area contributed by atoms with Gasteiger partial charge < -0.3 is 5.73 Å². The Morgan fingerprint density at radius 2 is 1.86 bits per heavy atom. The number of rotatable bonds is 3. The van der Waals surface area contributed by atoms with Crippen LogP contribution in [0.25, 0.3) is 0 Å². The van der Waals surface area contributed by atoms with E-state index >= 15 is 0 Å². The molecule has 0 aliphatic carbocycles. The molecule has 0 radical (unpaired) electrons. The third-order valence-electron chi connectivity index (χ3n) is 1.51. The zero-order chi connectivity index (χ0) is 10.8. The standard InChI is InChI=1S/C9H13NO3S/c1-7(2)13-14(11,12)9-6-4-3-5-8(9)10/h3-7H,10H2,1-2H3. The van der Waals surface area contributed by atoms with E-state index in [0.29, 0.717) is 0 Å². The van der Waals surface area contributed by atoms with E-state index in [-0.39, 0.29) is 16.7 Å². The molecule has 78 valence electrons. The van der Waals surface area contributed by atoms with Gasteiger partial charge in [-0.05, 0) is 26.0 Å². The van der Waals surface area contributed by atoms with Crippen molar-refractivity contribution in [3.05, 3.63) is 24.3 Å². The fourth-order valence-corrected chi connectivity index (χ4v) is 2.23. The predicted molar refractivity (Wildman–Crippen MR) is 54.3 cm³/mol. The summed E-state index contributed by atoms with van der Waals surface area (Å²) in [6.07, 6.45) is -0.389. The van der Waals surface area contributed by atoms with E-state index in [2.05, 4.69) is 0 Å². The average Bonchev–Trinajstić information content (AvgIpc) is 2.02. The maximum Gasteiger partial charge on any atom is 0.299 e. The molecule has 1 aromatic rings. The first-order valence-corrected chi connectivity index (χ1v) is 5.62. The van der Waals surface area contributed by atoms with Crippen molar-refractivity contribution in [2.24, 2.45) is 0 Å². The minimum Gasteiger partial charge on any atom is -0.398 e. The van der Waals surface area contributed by atoms with Crippen molar-refractivity contribution in [2.75, 3.05) is 5.73 Å². The van der Waals surface area contributed by atoms with Gasteiger partial charge in [0, 0.05) is 0 Å². The van der Waals surface area contributed by atoms with Gasteiger partial charge in [0.2, 0.25) is 0 Å². The summed E-state index contributed by atoms with van der Waals surface area (Å²) in [5.41, 5.74) is 5.73. The van der Waals surface area contributed by atoms with Crippen molar-refractivity contribution in [3.63, 3.8) is 0 Å². The average molecular weight is 215 g/mol. The number of benzene rings is 1. The van der Waals surface area contributed by atoms with Crippen LogP contribution in [0.15, 0.2) is 29.2 Å². The highest BCUT2D eigenvalue weighted by atomic mass is 32.2. The summed E-state index contributed by atoms with van der Waals surface area (Å²) in [6.45, 7) is 3.30. The number of nitrogen functional groups attached to an aromatic ring is 1. The smallest absolute Gasteiger partial charge is 0.299 e. The molecule has 0 saturated heterocycles. The molecule has 0 aliphatic heterocycles. The molecule has 0 saturated carbocycles. The molecular formula is C9H13NO3S. The van der Waals surface area contributed by atoms with Crippen LogP contribution < -0.4 is 5.73 Å². The molecule has 0 aromatic heterocycles. The van der Waals surface area contributed by atoms with Crippen molar-refractivity contribution in [1.82, 2.24) is 0 Å². The van der Waals surface area contributed by atoms with Gasteiger partial charge >= 0.3 is 0 Å². The lowest BCUT2D eigenvalue weighted by Gasteiger charge is -2.09. The van der Waals surface area contributed by atoms with Gasteiger partial charge in [0.05, 0.1) is 11.8 Å². The lowest BCUT2D eigenvalue weighted by molar-refractivity contribution is 0.249. The Bertz CT molecular complexity index is 412. The topological polar surface area (TPSA) is 69.4 Å². The van der Waals surface area contributed by atoms with Gasteiger partial charge in [-0.3, -0.25) is 4.18 Å². The minimum atomic E-state index is -3.72. The van der Waals surface area contributed by atoms with E-state index in [1.165, 1.54) is 12.1 Å². The Hall–Kier alpha value is -1.07. The van der Waals surface area contributed by atoms with Crippen LogP contribution in [-0.4, -0.2) is 14.5 Å². The van der Waals surface area contributed by atoms with E-state index in [1.807, 2.05) is 0 Å². The zero-order valence-corrected chi connectivity index (χ0v) is 8.91. The molecule has 2 N–H and O–H groups in total. The summed E-state index contributed by atoms with van der Waals surface area (Å²) in [6, 6.07) is 6.22. The first-order valence-electron chi connectivity index (χ1n) is 4.21. The Morgan fingerprint density at radius 3 is 2.36 bits per heavy atom. The molecule has 0 aliphatic rings. The van der Waals surface area contributed by atoms with Crippen LogP contribution in [0.4, 0.5) is 5.69 Å². The molecule has 0 amide bonds. The van der Waals surface area contributed by atoms with Crippen LogP contribution >= 0.6 is 0 Å². The van der Waals surface area contributed by atoms with Crippen LogP contribution in [0.1, 0.15) is 13.8 Å². The van der Waals surface area contributed by atoms with Crippen LogP contribution in [-0.2, 0) is 14.3 Å². The van der Waals surface area contributed by atoms with Crippen molar-refractivity contribution < 1.29 is 12.6 Å². The third kappa shape index (κ3) is 2.46. The van der Waals surface area contributed by atoms with Gasteiger partial charge in [0.15, 0.2) is 0 Å². The van der Waals surface area contributed by atoms with Gasteiger partial charge in [-0.15, -0.1) is 0 Å². The summed E-state index contributed by atoms with van der Waals surface area (Å²) in [7, 11) is -3.72. The number of hydrogen-bond acceptors (Lipinski definition) is 4. The third-order valence-corrected chi connectivity index (χ3v) is 3.06. The Balaban J connectivity index is 3.11. The Kier molecular flexibility index (Phi) is 3.13. The number of para-hydroxylation sites is 1. The molecule has 1 aromatic carbocycles. The molecule has 0 heterocycles. The SMILES string of the molecule is CC(C)OS(=O)(=O)c1ccccc1N. The van der Waals surface area contributed by atoms with E-state index < -0.39 is 10.1 Å². The van der Waals surface area contributed by atoms with Gasteiger partial charge in [-0.25, -0.2) is 0 Å². The van der Waals surface area contributed by atoms with Gasteiger partial charge in [0.1, 0.15) is 4.90 Å². The van der Waals surface area contributed by atoms with E-state index in [0.717, 1.165) is 0 Å². The number of anilines is 1. The highest BCUT2D eigenvalue weighted by molar-refractivity contribution is 7.87. The molecule has 14 heavy (non-hydrogen) atoms. The van der Waals surface area contributed by atoms with Crippen LogP contribution in [0.5, 0.6) is 0 Å². The quantitative estimate of drug-likeness (QED) is 0.611. The maximum absolute atomic E-state index is 11.6. The van der Waals surface area contributed by atoms with Gasteiger partial charge in [0.25, 0.3) is 10.1 Å². The summed E-state index contributed by atoms with van der Waals surface area (Å²) < 4.78 is 27.9. The molecule has 4 nitrogen and oxygen atoms in total. The summed E-state index contributed by atoms with van der Waals surface area (Å²) >= 11 is 0. The van der Waals surface area contributed by atoms with Crippen molar-refractivity contribution in [1.29, 1.82) is 0 Å². The lowest BCUT2D eigenvalue weighted by Crippen LogP contribution is -2.13. The highest BCUT2D eigenvalue weighted by Gasteiger charge is 2.19.